The van der Waals surface area contributed by atoms with Gasteiger partial charge in [0.15, 0.2) is 5.13 Å². The molecule has 0 radical (unpaired) electrons. The van der Waals surface area contributed by atoms with Crippen molar-refractivity contribution in [2.75, 3.05) is 4.90 Å². The van der Waals surface area contributed by atoms with Crippen LogP contribution >= 0.6 is 11.3 Å². The molecule has 2 atom stereocenters. The van der Waals surface area contributed by atoms with E-state index in [-0.39, 0.29) is 23.7 Å². The summed E-state index contributed by atoms with van der Waals surface area (Å²) < 4.78 is 0. The molecule has 3 rings (SSSR count). The molecule has 5 heteroatoms. The Morgan fingerprint density at radius 3 is 2.31 bits per heavy atom. The largest absolute Gasteiger partial charge is 0.274 e. The van der Waals surface area contributed by atoms with Crippen molar-refractivity contribution in [1.82, 2.24) is 4.98 Å². The lowest BCUT2D eigenvalue weighted by Crippen LogP contribution is -2.30. The van der Waals surface area contributed by atoms with Crippen molar-refractivity contribution < 1.29 is 9.59 Å². The highest BCUT2D eigenvalue weighted by molar-refractivity contribution is 7.14. The minimum atomic E-state index is -0.165. The zero-order chi connectivity index (χ0) is 11.1. The molecule has 1 aliphatic carbocycles. The first kappa shape index (κ1) is 9.72. The van der Waals surface area contributed by atoms with Crippen molar-refractivity contribution in [1.29, 1.82) is 0 Å². The van der Waals surface area contributed by atoms with Crippen molar-refractivity contribution in [2.24, 2.45) is 11.8 Å². The fourth-order valence-corrected chi connectivity index (χ4v) is 2.97. The smallest absolute Gasteiger partial charge is 0.239 e. The molecule has 1 fully saturated rings. The van der Waals surface area contributed by atoms with Crippen molar-refractivity contribution in [2.45, 2.75) is 12.8 Å². The highest BCUT2D eigenvalue weighted by Gasteiger charge is 2.48. The second-order valence-electron chi connectivity index (χ2n) is 3.98. The maximum Gasteiger partial charge on any atom is 0.239 e. The van der Waals surface area contributed by atoms with Gasteiger partial charge in [0.1, 0.15) is 0 Å². The fourth-order valence-electron chi connectivity index (χ4n) is 2.32. The first-order chi connectivity index (χ1) is 7.79. The van der Waals surface area contributed by atoms with E-state index >= 15 is 0 Å². The van der Waals surface area contributed by atoms with E-state index in [9.17, 15) is 9.59 Å². The summed E-state index contributed by atoms with van der Waals surface area (Å²) in [5, 5.41) is 2.28. The van der Waals surface area contributed by atoms with Gasteiger partial charge in [0, 0.05) is 11.6 Å². The Labute approximate surface area is 96.6 Å². The van der Waals surface area contributed by atoms with Crippen LogP contribution in [0.4, 0.5) is 5.13 Å². The quantitative estimate of drug-likeness (QED) is 0.548. The molecule has 82 valence electrons. The molecule has 2 amide bonds. The van der Waals surface area contributed by atoms with Gasteiger partial charge in [-0.1, -0.05) is 12.2 Å². The van der Waals surface area contributed by atoms with Crippen LogP contribution in [0.15, 0.2) is 23.7 Å². The molecule has 0 spiro atoms. The van der Waals surface area contributed by atoms with E-state index in [4.69, 9.17) is 0 Å². The van der Waals surface area contributed by atoms with E-state index in [1.54, 1.807) is 11.6 Å². The number of aromatic nitrogens is 1. The molecule has 0 unspecified atom stereocenters. The van der Waals surface area contributed by atoms with Gasteiger partial charge in [0.25, 0.3) is 0 Å². The number of anilines is 1. The van der Waals surface area contributed by atoms with E-state index in [0.717, 1.165) is 0 Å². The van der Waals surface area contributed by atoms with Gasteiger partial charge < -0.3 is 0 Å². The van der Waals surface area contributed by atoms with Crippen LogP contribution in [0.25, 0.3) is 0 Å². The second-order valence-corrected chi connectivity index (χ2v) is 4.86. The topological polar surface area (TPSA) is 50.3 Å². The highest BCUT2D eigenvalue weighted by Crippen LogP contribution is 2.37. The molecule has 0 bridgehead atoms. The van der Waals surface area contributed by atoms with Gasteiger partial charge in [-0.3, -0.25) is 9.59 Å². The van der Waals surface area contributed by atoms with E-state index in [1.165, 1.54) is 16.2 Å². The molecule has 1 saturated heterocycles. The maximum atomic E-state index is 12.1. The van der Waals surface area contributed by atoms with E-state index in [0.29, 0.717) is 18.0 Å². The summed E-state index contributed by atoms with van der Waals surface area (Å²) >= 11 is 1.33. The van der Waals surface area contributed by atoms with Crippen LogP contribution in [0.1, 0.15) is 12.8 Å². The molecule has 16 heavy (non-hydrogen) atoms. The molecule has 0 saturated carbocycles. The van der Waals surface area contributed by atoms with Crippen molar-refractivity contribution >= 4 is 28.3 Å². The van der Waals surface area contributed by atoms with Crippen molar-refractivity contribution in [3.05, 3.63) is 23.7 Å². The van der Waals surface area contributed by atoms with Crippen LogP contribution in [-0.4, -0.2) is 16.8 Å². The Balaban J connectivity index is 1.98. The number of carbonyl (C=O) groups is 2. The fraction of sp³-hybridized carbons (Fsp3) is 0.364. The number of fused-ring (bicyclic) bond motifs is 1. The molecular formula is C11H10N2O2S. The Hall–Kier alpha value is -1.49. The SMILES string of the molecule is O=C1[C@H]2CC=CC[C@@H]2C(=O)N1c1nccs1. The van der Waals surface area contributed by atoms with Gasteiger partial charge in [-0.25, -0.2) is 9.88 Å². The summed E-state index contributed by atoms with van der Waals surface area (Å²) in [4.78, 5) is 29.5. The third-order valence-corrected chi connectivity index (χ3v) is 3.87. The molecular weight excluding hydrogens is 224 g/mol. The average Bonchev–Trinajstić information content (AvgIpc) is 2.89. The minimum absolute atomic E-state index is 0.0886. The van der Waals surface area contributed by atoms with E-state index in [2.05, 4.69) is 4.98 Å². The van der Waals surface area contributed by atoms with E-state index < -0.39 is 0 Å². The van der Waals surface area contributed by atoms with Gasteiger partial charge in [0.05, 0.1) is 11.8 Å². The first-order valence-corrected chi connectivity index (χ1v) is 6.09. The molecule has 1 aliphatic heterocycles. The van der Waals surface area contributed by atoms with Crippen LogP contribution in [-0.2, 0) is 9.59 Å². The van der Waals surface area contributed by atoms with Crippen LogP contribution in [0, 0.1) is 11.8 Å². The second kappa shape index (κ2) is 3.52. The van der Waals surface area contributed by atoms with Gasteiger partial charge in [-0.2, -0.15) is 0 Å². The van der Waals surface area contributed by atoms with Crippen molar-refractivity contribution in [3.8, 4) is 0 Å². The van der Waals surface area contributed by atoms with Gasteiger partial charge in [-0.15, -0.1) is 11.3 Å². The number of allylic oxidation sites excluding steroid dienone is 2. The molecule has 0 N–H and O–H groups in total. The summed E-state index contributed by atoms with van der Waals surface area (Å²) in [5.74, 6) is -0.508. The number of rotatable bonds is 1. The molecule has 1 aromatic rings. The lowest BCUT2D eigenvalue weighted by Gasteiger charge is -2.14. The van der Waals surface area contributed by atoms with Crippen LogP contribution in [0.3, 0.4) is 0 Å². The average molecular weight is 234 g/mol. The zero-order valence-electron chi connectivity index (χ0n) is 8.50. The predicted molar refractivity (Wildman–Crippen MR) is 60.0 cm³/mol. The Kier molecular flexibility index (Phi) is 2.14. The molecule has 2 heterocycles. The van der Waals surface area contributed by atoms with Crippen LogP contribution < -0.4 is 4.90 Å². The normalized spacial score (nSPS) is 28.6. The summed E-state index contributed by atoms with van der Waals surface area (Å²) in [5.41, 5.74) is 0. The molecule has 1 aromatic heterocycles. The van der Waals surface area contributed by atoms with Gasteiger partial charge in [0.2, 0.25) is 11.8 Å². The number of nitrogens with zero attached hydrogens (tertiary/aromatic N) is 2. The van der Waals surface area contributed by atoms with E-state index in [1.807, 2.05) is 12.2 Å². The Morgan fingerprint density at radius 1 is 1.19 bits per heavy atom. The summed E-state index contributed by atoms with van der Waals surface area (Å²) in [6, 6.07) is 0. The third kappa shape index (κ3) is 1.24. The number of thiazole rings is 1. The monoisotopic (exact) mass is 234 g/mol. The number of amides is 2. The zero-order valence-corrected chi connectivity index (χ0v) is 9.31. The van der Waals surface area contributed by atoms with Gasteiger partial charge >= 0.3 is 0 Å². The number of hydrogen-bond acceptors (Lipinski definition) is 4. The Morgan fingerprint density at radius 2 is 1.81 bits per heavy atom. The highest BCUT2D eigenvalue weighted by atomic mass is 32.1. The summed E-state index contributed by atoms with van der Waals surface area (Å²) in [6.45, 7) is 0. The maximum absolute atomic E-state index is 12.1. The third-order valence-electron chi connectivity index (χ3n) is 3.12. The summed E-state index contributed by atoms with van der Waals surface area (Å²) in [7, 11) is 0. The minimum Gasteiger partial charge on any atom is -0.274 e. The Bertz CT molecular complexity index is 440. The predicted octanol–water partition coefficient (Wildman–Crippen LogP) is 1.60. The lowest BCUT2D eigenvalue weighted by atomic mass is 9.85. The summed E-state index contributed by atoms with van der Waals surface area (Å²) in [6.07, 6.45) is 6.93. The van der Waals surface area contributed by atoms with Crippen molar-refractivity contribution in [3.63, 3.8) is 0 Å². The number of imide groups is 1. The first-order valence-electron chi connectivity index (χ1n) is 5.21. The molecule has 2 aliphatic rings. The van der Waals surface area contributed by atoms with Gasteiger partial charge in [-0.05, 0) is 12.8 Å². The van der Waals surface area contributed by atoms with Crippen LogP contribution in [0.5, 0.6) is 0 Å². The molecule has 4 nitrogen and oxygen atoms in total. The van der Waals surface area contributed by atoms with Crippen LogP contribution in [0.2, 0.25) is 0 Å². The molecule has 0 aromatic carbocycles. The number of carbonyl (C=O) groups excluding carboxylic acids is 2. The number of hydrogen-bond donors (Lipinski definition) is 0. The lowest BCUT2D eigenvalue weighted by molar-refractivity contribution is -0.122. The standard InChI is InChI=1S/C11H10N2O2S/c14-9-7-3-1-2-4-8(7)10(15)13(9)11-12-5-6-16-11/h1-2,5-8H,3-4H2/t7-,8-/m0/s1.